The van der Waals surface area contributed by atoms with Gasteiger partial charge in [-0.25, -0.2) is 4.39 Å². The molecule has 5 nitrogen and oxygen atoms in total. The topological polar surface area (TPSA) is 66.9 Å². The lowest BCUT2D eigenvalue weighted by Crippen LogP contribution is -2.15. The normalized spacial score (nSPS) is 10.3. The molecule has 3 rings (SSSR count). The number of rotatable bonds is 5. The summed E-state index contributed by atoms with van der Waals surface area (Å²) in [7, 11) is 0. The highest BCUT2D eigenvalue weighted by Gasteiger charge is 2.06. The molecular formula is C18H14ClFN4O. The van der Waals surface area contributed by atoms with Gasteiger partial charge in [-0.3, -0.25) is 4.79 Å². The lowest BCUT2D eigenvalue weighted by molar-refractivity contribution is -0.115. The number of nitrogens with one attached hydrogen (secondary N) is 2. The Labute approximate surface area is 148 Å². The fourth-order valence-electron chi connectivity index (χ4n) is 2.15. The van der Waals surface area contributed by atoms with Crippen LogP contribution >= 0.6 is 11.6 Å². The van der Waals surface area contributed by atoms with Crippen LogP contribution in [0, 0.1) is 5.82 Å². The molecule has 0 aliphatic heterocycles. The average molecular weight is 357 g/mol. The molecule has 0 aliphatic carbocycles. The molecule has 0 saturated carbocycles. The van der Waals surface area contributed by atoms with Crippen LogP contribution in [0.2, 0.25) is 5.02 Å². The van der Waals surface area contributed by atoms with Gasteiger partial charge in [0.05, 0.1) is 6.42 Å². The van der Waals surface area contributed by atoms with E-state index >= 15 is 0 Å². The van der Waals surface area contributed by atoms with E-state index in [1.54, 1.807) is 36.4 Å². The van der Waals surface area contributed by atoms with E-state index in [-0.39, 0.29) is 18.1 Å². The van der Waals surface area contributed by atoms with Gasteiger partial charge in [-0.05, 0) is 48.0 Å². The number of benzene rings is 2. The summed E-state index contributed by atoms with van der Waals surface area (Å²) in [6.07, 6.45) is 0.129. The molecule has 25 heavy (non-hydrogen) atoms. The van der Waals surface area contributed by atoms with Gasteiger partial charge in [0.1, 0.15) is 5.82 Å². The Morgan fingerprint density at radius 3 is 2.40 bits per heavy atom. The van der Waals surface area contributed by atoms with E-state index < -0.39 is 0 Å². The van der Waals surface area contributed by atoms with Crippen molar-refractivity contribution in [3.63, 3.8) is 0 Å². The maximum atomic E-state index is 12.9. The van der Waals surface area contributed by atoms with E-state index in [2.05, 4.69) is 20.8 Å². The highest BCUT2D eigenvalue weighted by Crippen LogP contribution is 2.19. The zero-order valence-electron chi connectivity index (χ0n) is 13.0. The molecular weight excluding hydrogens is 343 g/mol. The van der Waals surface area contributed by atoms with E-state index in [0.29, 0.717) is 22.2 Å². The van der Waals surface area contributed by atoms with E-state index in [9.17, 15) is 9.18 Å². The highest BCUT2D eigenvalue weighted by atomic mass is 35.5. The van der Waals surface area contributed by atoms with Crippen molar-refractivity contribution in [3.05, 3.63) is 77.1 Å². The fourth-order valence-corrected chi connectivity index (χ4v) is 2.34. The number of nitrogens with zero attached hydrogens (tertiary/aromatic N) is 2. The fraction of sp³-hybridized carbons (Fsp3) is 0.0556. The van der Waals surface area contributed by atoms with Crippen LogP contribution in [-0.4, -0.2) is 16.1 Å². The molecule has 2 aromatic carbocycles. The summed E-state index contributed by atoms with van der Waals surface area (Å²) in [5.41, 5.74) is 1.50. The van der Waals surface area contributed by atoms with Crippen LogP contribution in [0.15, 0.2) is 60.7 Å². The maximum Gasteiger partial charge on any atom is 0.229 e. The van der Waals surface area contributed by atoms with Crippen molar-refractivity contribution in [3.8, 4) is 0 Å². The first kappa shape index (κ1) is 16.9. The van der Waals surface area contributed by atoms with E-state index in [1.807, 2.05) is 12.1 Å². The number of carbonyl (C=O) groups excluding carboxylic acids is 1. The first-order valence-corrected chi connectivity index (χ1v) is 7.87. The Bertz CT molecular complexity index is 869. The summed E-state index contributed by atoms with van der Waals surface area (Å²) in [6.45, 7) is 0. The zero-order chi connectivity index (χ0) is 17.6. The smallest absolute Gasteiger partial charge is 0.229 e. The highest BCUT2D eigenvalue weighted by molar-refractivity contribution is 6.30. The number of hydrogen-bond donors (Lipinski definition) is 2. The molecule has 3 aromatic rings. The van der Waals surface area contributed by atoms with Crippen LogP contribution in [0.5, 0.6) is 0 Å². The minimum Gasteiger partial charge on any atom is -0.339 e. The molecule has 0 fully saturated rings. The Hall–Kier alpha value is -2.99. The first-order valence-electron chi connectivity index (χ1n) is 7.49. The summed E-state index contributed by atoms with van der Waals surface area (Å²) in [5.74, 6) is 0.275. The molecule has 0 aliphatic rings. The van der Waals surface area contributed by atoms with Gasteiger partial charge < -0.3 is 10.6 Å². The van der Waals surface area contributed by atoms with Gasteiger partial charge in [0.15, 0.2) is 11.6 Å². The summed E-state index contributed by atoms with van der Waals surface area (Å²) < 4.78 is 12.9. The van der Waals surface area contributed by atoms with Crippen LogP contribution in [0.4, 0.5) is 21.7 Å². The van der Waals surface area contributed by atoms with Crippen LogP contribution in [0.1, 0.15) is 5.56 Å². The molecule has 0 spiro atoms. The van der Waals surface area contributed by atoms with E-state index in [1.165, 1.54) is 12.1 Å². The van der Waals surface area contributed by atoms with Crippen molar-refractivity contribution in [2.75, 3.05) is 10.6 Å². The van der Waals surface area contributed by atoms with E-state index in [0.717, 1.165) is 5.69 Å². The van der Waals surface area contributed by atoms with Gasteiger partial charge in [-0.1, -0.05) is 29.8 Å². The Morgan fingerprint density at radius 1 is 1.00 bits per heavy atom. The monoisotopic (exact) mass is 356 g/mol. The molecule has 0 unspecified atom stereocenters. The first-order chi connectivity index (χ1) is 12.1. The number of aromatic nitrogens is 2. The predicted octanol–water partition coefficient (Wildman–Crippen LogP) is 4.19. The van der Waals surface area contributed by atoms with Crippen molar-refractivity contribution in [1.82, 2.24) is 10.2 Å². The third-order valence-electron chi connectivity index (χ3n) is 3.31. The maximum absolute atomic E-state index is 12.9. The summed E-state index contributed by atoms with van der Waals surface area (Å²) in [6, 6.07) is 16.3. The second-order valence-electron chi connectivity index (χ2n) is 5.29. The number of hydrogen-bond acceptors (Lipinski definition) is 4. The molecule has 2 N–H and O–H groups in total. The third kappa shape index (κ3) is 4.99. The molecule has 126 valence electrons. The summed E-state index contributed by atoms with van der Waals surface area (Å²) in [4.78, 5) is 12.0. The van der Waals surface area contributed by atoms with Crippen molar-refractivity contribution < 1.29 is 9.18 Å². The minimum absolute atomic E-state index is 0.129. The standard InChI is InChI=1S/C18H14ClFN4O/c19-13-2-1-3-15(11-13)21-16-8-9-17(24-23-16)22-18(25)10-12-4-6-14(20)7-5-12/h1-9,11H,10H2,(H,21,23)(H,22,24,25). The lowest BCUT2D eigenvalue weighted by Gasteiger charge is -2.07. The SMILES string of the molecule is O=C(Cc1ccc(F)cc1)Nc1ccc(Nc2cccc(Cl)c2)nn1. The second-order valence-corrected chi connectivity index (χ2v) is 5.73. The number of halogens is 2. The Balaban J connectivity index is 1.58. The molecule has 0 atom stereocenters. The van der Waals surface area contributed by atoms with Crippen molar-refractivity contribution >= 4 is 34.8 Å². The van der Waals surface area contributed by atoms with Crippen LogP contribution in [-0.2, 0) is 11.2 Å². The van der Waals surface area contributed by atoms with Gasteiger partial charge in [-0.15, -0.1) is 10.2 Å². The molecule has 1 aromatic heterocycles. The molecule has 0 bridgehead atoms. The van der Waals surface area contributed by atoms with Crippen molar-refractivity contribution in [1.29, 1.82) is 0 Å². The van der Waals surface area contributed by atoms with Crippen LogP contribution in [0.25, 0.3) is 0 Å². The Kier molecular flexibility index (Phi) is 5.20. The summed E-state index contributed by atoms with van der Waals surface area (Å²) in [5, 5.41) is 14.3. The van der Waals surface area contributed by atoms with Gasteiger partial charge >= 0.3 is 0 Å². The Morgan fingerprint density at radius 2 is 1.72 bits per heavy atom. The lowest BCUT2D eigenvalue weighted by atomic mass is 10.1. The molecule has 1 amide bonds. The molecule has 0 radical (unpaired) electrons. The molecule has 7 heteroatoms. The largest absolute Gasteiger partial charge is 0.339 e. The quantitative estimate of drug-likeness (QED) is 0.719. The van der Waals surface area contributed by atoms with Crippen LogP contribution in [0.3, 0.4) is 0 Å². The van der Waals surface area contributed by atoms with Crippen molar-refractivity contribution in [2.45, 2.75) is 6.42 Å². The number of anilines is 3. The van der Waals surface area contributed by atoms with Gasteiger partial charge in [0.25, 0.3) is 0 Å². The van der Waals surface area contributed by atoms with Gasteiger partial charge in [0.2, 0.25) is 5.91 Å². The molecule has 0 saturated heterocycles. The third-order valence-corrected chi connectivity index (χ3v) is 3.54. The van der Waals surface area contributed by atoms with Gasteiger partial charge in [0, 0.05) is 10.7 Å². The van der Waals surface area contributed by atoms with Crippen LogP contribution < -0.4 is 10.6 Å². The van der Waals surface area contributed by atoms with Crippen molar-refractivity contribution in [2.24, 2.45) is 0 Å². The minimum atomic E-state index is -0.335. The van der Waals surface area contributed by atoms with Gasteiger partial charge in [-0.2, -0.15) is 0 Å². The average Bonchev–Trinajstić information content (AvgIpc) is 2.59. The second kappa shape index (κ2) is 7.72. The van der Waals surface area contributed by atoms with E-state index in [4.69, 9.17) is 11.6 Å². The summed E-state index contributed by atoms with van der Waals surface area (Å²) >= 11 is 5.92. The number of carbonyl (C=O) groups is 1. The zero-order valence-corrected chi connectivity index (χ0v) is 13.8. The molecule has 1 heterocycles. The predicted molar refractivity (Wildman–Crippen MR) is 95.5 cm³/mol. The number of amides is 1.